The van der Waals surface area contributed by atoms with Gasteiger partial charge in [0.15, 0.2) is 0 Å². The highest BCUT2D eigenvalue weighted by Crippen LogP contribution is 2.24. The predicted octanol–water partition coefficient (Wildman–Crippen LogP) is 2.70. The van der Waals surface area contributed by atoms with E-state index < -0.39 is 0 Å². The van der Waals surface area contributed by atoms with Crippen LogP contribution in [0.1, 0.15) is 0 Å². The second-order valence-electron chi connectivity index (χ2n) is 2.73. The fraction of sp³-hybridized carbons (Fsp3) is 0.111. The van der Waals surface area contributed by atoms with Gasteiger partial charge in [0.25, 0.3) is 5.24 Å². The Morgan fingerprint density at radius 1 is 1.47 bits per heavy atom. The molecule has 0 saturated heterocycles. The second-order valence-corrected chi connectivity index (χ2v) is 4.54. The van der Waals surface area contributed by atoms with Crippen LogP contribution in [0.15, 0.2) is 24.3 Å². The Morgan fingerprint density at radius 2 is 2.27 bits per heavy atom. The summed E-state index contributed by atoms with van der Waals surface area (Å²) >= 11 is 2.62. The minimum absolute atomic E-state index is 0.130. The van der Waals surface area contributed by atoms with Gasteiger partial charge in [-0.15, -0.1) is 0 Å². The Bertz CT molecular complexity index is 450. The molecule has 0 radical (unpaired) electrons. The number of fused-ring (bicyclic) bond motifs is 1. The van der Waals surface area contributed by atoms with Crippen molar-refractivity contribution in [1.29, 1.82) is 0 Å². The SMILES string of the molecule is CSC(=O)NNc1nc2ccccc2s1. The minimum atomic E-state index is -0.130. The zero-order valence-electron chi connectivity index (χ0n) is 7.98. The van der Waals surface area contributed by atoms with Crippen LogP contribution in [0, 0.1) is 0 Å². The normalized spacial score (nSPS) is 10.2. The molecule has 1 heterocycles. The molecule has 6 heteroatoms. The molecule has 15 heavy (non-hydrogen) atoms. The number of amides is 1. The average molecular weight is 239 g/mol. The van der Waals surface area contributed by atoms with Crippen molar-refractivity contribution in [2.45, 2.75) is 0 Å². The Hall–Kier alpha value is -1.27. The maximum atomic E-state index is 11.0. The van der Waals surface area contributed by atoms with Crippen LogP contribution in [0.3, 0.4) is 0 Å². The fourth-order valence-electron chi connectivity index (χ4n) is 1.08. The molecule has 0 aliphatic rings. The molecule has 0 bridgehead atoms. The summed E-state index contributed by atoms with van der Waals surface area (Å²) in [6.45, 7) is 0. The zero-order chi connectivity index (χ0) is 10.7. The van der Waals surface area contributed by atoms with Crippen LogP contribution >= 0.6 is 23.1 Å². The van der Waals surface area contributed by atoms with Gasteiger partial charge in [0.2, 0.25) is 5.13 Å². The van der Waals surface area contributed by atoms with Gasteiger partial charge < -0.3 is 0 Å². The lowest BCUT2D eigenvalue weighted by Crippen LogP contribution is -2.24. The highest BCUT2D eigenvalue weighted by atomic mass is 32.2. The number of hydrogen-bond acceptors (Lipinski definition) is 5. The average Bonchev–Trinajstić information content (AvgIpc) is 2.68. The number of hydrogen-bond donors (Lipinski definition) is 2. The third kappa shape index (κ3) is 2.40. The van der Waals surface area contributed by atoms with Crippen LogP contribution in [0.2, 0.25) is 0 Å². The second kappa shape index (κ2) is 4.50. The molecular formula is C9H9N3OS2. The summed E-state index contributed by atoms with van der Waals surface area (Å²) in [4.78, 5) is 15.3. The van der Waals surface area contributed by atoms with E-state index in [1.807, 2.05) is 24.3 Å². The zero-order valence-corrected chi connectivity index (χ0v) is 9.61. The van der Waals surface area contributed by atoms with E-state index in [-0.39, 0.29) is 5.24 Å². The van der Waals surface area contributed by atoms with Crippen LogP contribution in [-0.4, -0.2) is 16.5 Å². The summed E-state index contributed by atoms with van der Waals surface area (Å²) in [5, 5.41) is 0.563. The van der Waals surface area contributed by atoms with E-state index in [9.17, 15) is 4.79 Å². The third-order valence-corrected chi connectivity index (χ3v) is 3.18. The molecule has 0 aliphatic heterocycles. The largest absolute Gasteiger partial charge is 0.297 e. The standard InChI is InChI=1S/C9H9N3OS2/c1-14-9(13)12-11-8-10-6-4-2-3-5-7(6)15-8/h2-5H,1H3,(H,10,11)(H,12,13). The molecule has 1 aromatic heterocycles. The topological polar surface area (TPSA) is 54.0 Å². The van der Waals surface area contributed by atoms with Crippen molar-refractivity contribution < 1.29 is 4.79 Å². The number of thioether (sulfide) groups is 1. The number of hydrazine groups is 1. The number of rotatable bonds is 2. The van der Waals surface area contributed by atoms with Crippen LogP contribution < -0.4 is 10.9 Å². The lowest BCUT2D eigenvalue weighted by Gasteiger charge is -2.01. The Balaban J connectivity index is 2.12. The van der Waals surface area contributed by atoms with Crippen LogP contribution in [-0.2, 0) is 0 Å². The first-order chi connectivity index (χ1) is 7.29. The monoisotopic (exact) mass is 239 g/mol. The van der Waals surface area contributed by atoms with Gasteiger partial charge in [-0.3, -0.25) is 15.6 Å². The molecule has 4 nitrogen and oxygen atoms in total. The smallest absolute Gasteiger partial charge is 0.272 e. The molecule has 78 valence electrons. The number of nitrogens with one attached hydrogen (secondary N) is 2. The van der Waals surface area contributed by atoms with E-state index in [1.54, 1.807) is 6.26 Å². The summed E-state index contributed by atoms with van der Waals surface area (Å²) in [7, 11) is 0. The highest BCUT2D eigenvalue weighted by Gasteiger charge is 2.03. The number of aromatic nitrogens is 1. The van der Waals surface area contributed by atoms with Crippen LogP contribution in [0.5, 0.6) is 0 Å². The summed E-state index contributed by atoms with van der Waals surface area (Å²) in [6.07, 6.45) is 1.72. The first kappa shape index (κ1) is 10.3. The highest BCUT2D eigenvalue weighted by molar-refractivity contribution is 8.12. The van der Waals surface area contributed by atoms with Crippen molar-refractivity contribution >= 4 is 43.7 Å². The molecule has 0 spiro atoms. The van der Waals surface area contributed by atoms with E-state index in [2.05, 4.69) is 15.8 Å². The molecular weight excluding hydrogens is 230 g/mol. The molecule has 0 saturated carbocycles. The van der Waals surface area contributed by atoms with Gasteiger partial charge in [-0.1, -0.05) is 35.2 Å². The Kier molecular flexibility index (Phi) is 3.08. The number of carbonyl (C=O) groups excluding carboxylic acids is 1. The molecule has 0 fully saturated rings. The van der Waals surface area contributed by atoms with Gasteiger partial charge in [-0.2, -0.15) is 0 Å². The number of nitrogens with zero attached hydrogens (tertiary/aromatic N) is 1. The van der Waals surface area contributed by atoms with E-state index in [1.165, 1.54) is 11.3 Å². The number of anilines is 1. The summed E-state index contributed by atoms with van der Waals surface area (Å²) < 4.78 is 1.10. The maximum absolute atomic E-state index is 11.0. The predicted molar refractivity (Wildman–Crippen MR) is 65.3 cm³/mol. The first-order valence-corrected chi connectivity index (χ1v) is 6.29. The van der Waals surface area contributed by atoms with E-state index in [0.717, 1.165) is 22.0 Å². The number of thiazole rings is 1. The molecule has 1 aromatic carbocycles. The minimum Gasteiger partial charge on any atom is -0.272 e. The summed E-state index contributed by atoms with van der Waals surface area (Å²) in [5.41, 5.74) is 6.24. The van der Waals surface area contributed by atoms with Crippen molar-refractivity contribution in [3.63, 3.8) is 0 Å². The Labute approximate surface area is 95.1 Å². The van der Waals surface area contributed by atoms with Crippen molar-refractivity contribution in [2.75, 3.05) is 11.7 Å². The van der Waals surface area contributed by atoms with E-state index >= 15 is 0 Å². The Morgan fingerprint density at radius 3 is 3.00 bits per heavy atom. The maximum Gasteiger partial charge on any atom is 0.297 e. The van der Waals surface area contributed by atoms with E-state index in [0.29, 0.717) is 5.13 Å². The van der Waals surface area contributed by atoms with Crippen molar-refractivity contribution in [3.05, 3.63) is 24.3 Å². The first-order valence-electron chi connectivity index (χ1n) is 4.25. The lowest BCUT2D eigenvalue weighted by molar-refractivity contribution is 0.262. The van der Waals surface area contributed by atoms with Crippen LogP contribution in [0.4, 0.5) is 9.93 Å². The van der Waals surface area contributed by atoms with Crippen molar-refractivity contribution in [1.82, 2.24) is 10.4 Å². The van der Waals surface area contributed by atoms with Gasteiger partial charge in [0, 0.05) is 0 Å². The molecule has 2 N–H and O–H groups in total. The van der Waals surface area contributed by atoms with Crippen LogP contribution in [0.25, 0.3) is 10.2 Å². The quantitative estimate of drug-likeness (QED) is 0.791. The lowest BCUT2D eigenvalue weighted by atomic mass is 10.3. The molecule has 2 rings (SSSR count). The van der Waals surface area contributed by atoms with Gasteiger partial charge in [0.1, 0.15) is 0 Å². The molecule has 0 aliphatic carbocycles. The van der Waals surface area contributed by atoms with Gasteiger partial charge in [0.05, 0.1) is 10.2 Å². The van der Waals surface area contributed by atoms with Gasteiger partial charge in [-0.25, -0.2) is 4.98 Å². The molecule has 1 amide bonds. The molecule has 0 unspecified atom stereocenters. The number of carbonyl (C=O) groups is 1. The van der Waals surface area contributed by atoms with Crippen molar-refractivity contribution in [3.8, 4) is 0 Å². The number of para-hydroxylation sites is 1. The number of benzene rings is 1. The molecule has 2 aromatic rings. The van der Waals surface area contributed by atoms with Gasteiger partial charge in [-0.05, 0) is 18.4 Å². The summed E-state index contributed by atoms with van der Waals surface area (Å²) in [5.74, 6) is 0. The molecule has 0 atom stereocenters. The van der Waals surface area contributed by atoms with E-state index in [4.69, 9.17) is 0 Å². The van der Waals surface area contributed by atoms with Crippen molar-refractivity contribution in [2.24, 2.45) is 0 Å². The fourth-order valence-corrected chi connectivity index (χ4v) is 2.05. The van der Waals surface area contributed by atoms with Gasteiger partial charge >= 0.3 is 0 Å². The third-order valence-electron chi connectivity index (χ3n) is 1.75. The summed E-state index contributed by atoms with van der Waals surface area (Å²) in [6, 6.07) is 7.83.